The number of nitrogens with zero attached hydrogens (tertiary/aromatic N) is 2. The third kappa shape index (κ3) is 2.09. The number of hydrogen-bond acceptors (Lipinski definition) is 2. The van der Waals surface area contributed by atoms with Crippen LogP contribution in [0.15, 0.2) is 5.29 Å². The standard InChI is InChI=1S/C6H9F3N2O/c7-6(8,9)5-2-1-3-11(4-5)10-12/h5H,1-4H2. The molecular weight excluding hydrogens is 173 g/mol. The fourth-order valence-corrected chi connectivity index (χ4v) is 1.30. The third-order valence-electron chi connectivity index (χ3n) is 1.98. The van der Waals surface area contributed by atoms with Crippen molar-refractivity contribution < 1.29 is 13.2 Å². The van der Waals surface area contributed by atoms with Crippen molar-refractivity contribution in [2.75, 3.05) is 13.1 Å². The minimum absolute atomic E-state index is 0.107. The van der Waals surface area contributed by atoms with E-state index in [1.807, 2.05) is 0 Å². The average molecular weight is 182 g/mol. The zero-order valence-electron chi connectivity index (χ0n) is 6.34. The highest BCUT2D eigenvalue weighted by Gasteiger charge is 2.41. The Kier molecular flexibility index (Phi) is 2.54. The Morgan fingerprint density at radius 3 is 2.58 bits per heavy atom. The van der Waals surface area contributed by atoms with Crippen molar-refractivity contribution in [1.82, 2.24) is 5.01 Å². The molecule has 0 spiro atoms. The Labute approximate surface area is 67.5 Å². The summed E-state index contributed by atoms with van der Waals surface area (Å²) in [6, 6.07) is 0. The molecule has 1 aliphatic rings. The molecule has 0 aromatic heterocycles. The number of hydrogen-bond donors (Lipinski definition) is 0. The summed E-state index contributed by atoms with van der Waals surface area (Å²) in [6.07, 6.45) is -3.70. The van der Waals surface area contributed by atoms with Crippen LogP contribution >= 0.6 is 0 Å². The Morgan fingerprint density at radius 1 is 1.42 bits per heavy atom. The molecule has 1 saturated heterocycles. The fraction of sp³-hybridized carbons (Fsp3) is 1.00. The van der Waals surface area contributed by atoms with Gasteiger partial charge in [0.15, 0.2) is 0 Å². The molecule has 3 nitrogen and oxygen atoms in total. The molecule has 0 N–H and O–H groups in total. The number of alkyl halides is 3. The van der Waals surface area contributed by atoms with Gasteiger partial charge in [0, 0.05) is 6.54 Å². The molecule has 0 saturated carbocycles. The van der Waals surface area contributed by atoms with Crippen molar-refractivity contribution >= 4 is 0 Å². The molecule has 1 aliphatic heterocycles. The Hall–Kier alpha value is -0.810. The van der Waals surface area contributed by atoms with Crippen LogP contribution in [0.3, 0.4) is 0 Å². The van der Waals surface area contributed by atoms with E-state index in [-0.39, 0.29) is 13.0 Å². The number of piperidine rings is 1. The Bertz CT molecular complexity index is 171. The largest absolute Gasteiger partial charge is 0.393 e. The molecule has 70 valence electrons. The van der Waals surface area contributed by atoms with Gasteiger partial charge in [-0.1, -0.05) is 0 Å². The van der Waals surface area contributed by atoms with E-state index in [0.29, 0.717) is 13.0 Å². The molecule has 1 fully saturated rings. The van der Waals surface area contributed by atoms with Crippen molar-refractivity contribution in [3.8, 4) is 0 Å². The first-order valence-electron chi connectivity index (χ1n) is 3.69. The van der Waals surface area contributed by atoms with Gasteiger partial charge < -0.3 is 0 Å². The molecule has 1 heterocycles. The number of rotatable bonds is 1. The lowest BCUT2D eigenvalue weighted by Gasteiger charge is -2.29. The molecule has 0 bridgehead atoms. The lowest BCUT2D eigenvalue weighted by Crippen LogP contribution is -2.38. The molecule has 0 aromatic carbocycles. The first-order chi connectivity index (χ1) is 5.54. The first kappa shape index (κ1) is 9.28. The van der Waals surface area contributed by atoms with Gasteiger partial charge in [-0.05, 0) is 12.8 Å². The van der Waals surface area contributed by atoms with Crippen molar-refractivity contribution in [1.29, 1.82) is 0 Å². The highest BCUT2D eigenvalue weighted by atomic mass is 19.4. The second kappa shape index (κ2) is 3.28. The summed E-state index contributed by atoms with van der Waals surface area (Å²) < 4.78 is 36.2. The first-order valence-corrected chi connectivity index (χ1v) is 3.69. The molecule has 0 aromatic rings. The molecule has 12 heavy (non-hydrogen) atoms. The summed E-state index contributed by atoms with van der Waals surface area (Å²) in [7, 11) is 0. The van der Waals surface area contributed by atoms with E-state index >= 15 is 0 Å². The quantitative estimate of drug-likeness (QED) is 0.580. The van der Waals surface area contributed by atoms with Crippen LogP contribution in [0.4, 0.5) is 13.2 Å². The maximum absolute atomic E-state index is 12.1. The van der Waals surface area contributed by atoms with Crippen LogP contribution in [-0.2, 0) is 0 Å². The van der Waals surface area contributed by atoms with E-state index in [1.165, 1.54) is 0 Å². The van der Waals surface area contributed by atoms with Crippen LogP contribution in [0.25, 0.3) is 0 Å². The lowest BCUT2D eigenvalue weighted by molar-refractivity contribution is -0.186. The van der Waals surface area contributed by atoms with Crippen molar-refractivity contribution in [2.24, 2.45) is 11.2 Å². The molecule has 6 heteroatoms. The van der Waals surface area contributed by atoms with Gasteiger partial charge in [-0.3, -0.25) is 5.01 Å². The fourth-order valence-electron chi connectivity index (χ4n) is 1.30. The summed E-state index contributed by atoms with van der Waals surface area (Å²) in [5, 5.41) is 3.43. The van der Waals surface area contributed by atoms with Crippen LogP contribution in [0.1, 0.15) is 12.8 Å². The van der Waals surface area contributed by atoms with Gasteiger partial charge in [-0.15, -0.1) is 4.91 Å². The van der Waals surface area contributed by atoms with Crippen LogP contribution < -0.4 is 0 Å². The monoisotopic (exact) mass is 182 g/mol. The summed E-state index contributed by atoms with van der Waals surface area (Å²) in [4.78, 5) is 9.94. The average Bonchev–Trinajstić information content (AvgIpc) is 2.03. The van der Waals surface area contributed by atoms with E-state index in [0.717, 1.165) is 5.01 Å². The molecule has 0 amide bonds. The zero-order chi connectivity index (χ0) is 9.19. The maximum Gasteiger partial charge on any atom is 0.393 e. The topological polar surface area (TPSA) is 32.7 Å². The minimum atomic E-state index is -4.19. The van der Waals surface area contributed by atoms with Crippen LogP contribution in [0.2, 0.25) is 0 Å². The van der Waals surface area contributed by atoms with Gasteiger partial charge in [0.05, 0.1) is 17.7 Å². The van der Waals surface area contributed by atoms with E-state index < -0.39 is 12.1 Å². The zero-order valence-corrected chi connectivity index (χ0v) is 6.34. The minimum Gasteiger partial charge on any atom is -0.260 e. The molecule has 0 aliphatic carbocycles. The van der Waals surface area contributed by atoms with Gasteiger partial charge in [0.25, 0.3) is 0 Å². The highest BCUT2D eigenvalue weighted by Crippen LogP contribution is 2.32. The predicted molar refractivity (Wildman–Crippen MR) is 36.1 cm³/mol. The maximum atomic E-state index is 12.1. The molecule has 1 unspecified atom stereocenters. The van der Waals surface area contributed by atoms with Crippen molar-refractivity contribution in [3.63, 3.8) is 0 Å². The third-order valence-corrected chi connectivity index (χ3v) is 1.98. The van der Waals surface area contributed by atoms with Crippen LogP contribution in [0.5, 0.6) is 0 Å². The molecular formula is C6H9F3N2O. The smallest absolute Gasteiger partial charge is 0.260 e. The van der Waals surface area contributed by atoms with E-state index in [2.05, 4.69) is 5.29 Å². The van der Waals surface area contributed by atoms with Gasteiger partial charge in [0.1, 0.15) is 0 Å². The SMILES string of the molecule is O=NN1CCCC(C(F)(F)F)C1. The second-order valence-corrected chi connectivity index (χ2v) is 2.88. The number of halogens is 3. The van der Waals surface area contributed by atoms with Crippen LogP contribution in [-0.4, -0.2) is 24.3 Å². The van der Waals surface area contributed by atoms with Crippen molar-refractivity contribution in [2.45, 2.75) is 19.0 Å². The Morgan fingerprint density at radius 2 is 2.08 bits per heavy atom. The van der Waals surface area contributed by atoms with E-state index in [4.69, 9.17) is 0 Å². The summed E-state index contributed by atoms with van der Waals surface area (Å²) in [5.74, 6) is -1.39. The second-order valence-electron chi connectivity index (χ2n) is 2.88. The molecule has 1 rings (SSSR count). The Balaban J connectivity index is 2.51. The lowest BCUT2D eigenvalue weighted by atomic mass is 9.99. The van der Waals surface area contributed by atoms with Gasteiger partial charge in [0.2, 0.25) is 0 Å². The normalized spacial score (nSPS) is 25.6. The molecule has 0 radical (unpaired) electrons. The van der Waals surface area contributed by atoms with Gasteiger partial charge in [-0.25, -0.2) is 0 Å². The van der Waals surface area contributed by atoms with Gasteiger partial charge >= 0.3 is 6.18 Å². The van der Waals surface area contributed by atoms with Crippen molar-refractivity contribution in [3.05, 3.63) is 4.91 Å². The highest BCUT2D eigenvalue weighted by molar-refractivity contribution is 4.75. The van der Waals surface area contributed by atoms with Gasteiger partial charge in [-0.2, -0.15) is 13.2 Å². The summed E-state index contributed by atoms with van der Waals surface area (Å²) in [5.41, 5.74) is 0. The number of nitroso groups, excluding NO2 is 1. The van der Waals surface area contributed by atoms with E-state index in [1.54, 1.807) is 0 Å². The van der Waals surface area contributed by atoms with Crippen LogP contribution in [0, 0.1) is 10.8 Å². The summed E-state index contributed by atoms with van der Waals surface area (Å²) in [6.45, 7) is 0.0586. The summed E-state index contributed by atoms with van der Waals surface area (Å²) >= 11 is 0. The predicted octanol–water partition coefficient (Wildman–Crippen LogP) is 1.94. The van der Waals surface area contributed by atoms with E-state index in [9.17, 15) is 18.1 Å². The molecule has 1 atom stereocenters.